The Kier molecular flexibility index (Phi) is 2.78. The average Bonchev–Trinajstić information content (AvgIpc) is 2.78. The van der Waals surface area contributed by atoms with Gasteiger partial charge in [0.05, 0.1) is 0 Å². The minimum atomic E-state index is 0.548. The minimum Gasteiger partial charge on any atom is -0.339 e. The summed E-state index contributed by atoms with van der Waals surface area (Å²) in [7, 11) is 0. The van der Waals surface area contributed by atoms with E-state index in [-0.39, 0.29) is 0 Å². The Balaban J connectivity index is 2.28. The number of nitrogens with zero attached hydrogens (tertiary/aromatic N) is 2. The fourth-order valence-corrected chi connectivity index (χ4v) is 1.31. The molecule has 0 unspecified atom stereocenters. The van der Waals surface area contributed by atoms with E-state index in [0.717, 1.165) is 17.5 Å². The van der Waals surface area contributed by atoms with Gasteiger partial charge >= 0.3 is 0 Å². The Morgan fingerprint density at radius 3 is 2.53 bits per heavy atom. The molecule has 0 bridgehead atoms. The monoisotopic (exact) mass is 203 g/mol. The van der Waals surface area contributed by atoms with Crippen LogP contribution in [0.2, 0.25) is 0 Å². The van der Waals surface area contributed by atoms with E-state index in [1.165, 1.54) is 0 Å². The molecule has 1 aromatic heterocycles. The summed E-state index contributed by atoms with van der Waals surface area (Å²) in [6, 6.07) is 7.84. The molecule has 0 aliphatic heterocycles. The van der Waals surface area contributed by atoms with Crippen LogP contribution >= 0.6 is 0 Å². The number of benzene rings is 1. The van der Waals surface area contributed by atoms with Crippen molar-refractivity contribution in [3.05, 3.63) is 35.7 Å². The van der Waals surface area contributed by atoms with E-state index in [1.807, 2.05) is 31.2 Å². The quantitative estimate of drug-likeness (QED) is 0.825. The van der Waals surface area contributed by atoms with Gasteiger partial charge < -0.3 is 10.3 Å². The summed E-state index contributed by atoms with van der Waals surface area (Å²) in [6.45, 7) is 2.53. The number of nitrogens with two attached hydrogens (primary N) is 1. The molecule has 0 aliphatic rings. The second-order valence-electron chi connectivity index (χ2n) is 3.27. The van der Waals surface area contributed by atoms with E-state index >= 15 is 0 Å². The number of rotatable bonds is 3. The zero-order chi connectivity index (χ0) is 10.7. The Hall–Kier alpha value is -1.68. The van der Waals surface area contributed by atoms with Crippen molar-refractivity contribution >= 4 is 0 Å². The van der Waals surface area contributed by atoms with Crippen molar-refractivity contribution in [1.29, 1.82) is 0 Å². The summed E-state index contributed by atoms with van der Waals surface area (Å²) in [6.07, 6.45) is 0.758. The molecule has 2 rings (SSSR count). The number of hydrogen-bond acceptors (Lipinski definition) is 4. The van der Waals surface area contributed by atoms with E-state index in [1.54, 1.807) is 0 Å². The van der Waals surface area contributed by atoms with Gasteiger partial charge in [0.15, 0.2) is 0 Å². The van der Waals surface area contributed by atoms with Gasteiger partial charge in [0.2, 0.25) is 11.7 Å². The molecular weight excluding hydrogens is 190 g/mol. The van der Waals surface area contributed by atoms with Crippen molar-refractivity contribution in [3.63, 3.8) is 0 Å². The first-order chi connectivity index (χ1) is 7.33. The lowest BCUT2D eigenvalue weighted by atomic mass is 10.1. The van der Waals surface area contributed by atoms with E-state index < -0.39 is 0 Å². The average molecular weight is 203 g/mol. The molecule has 0 aliphatic carbocycles. The Bertz CT molecular complexity index is 433. The van der Waals surface area contributed by atoms with Gasteiger partial charge in [0, 0.05) is 18.5 Å². The maximum Gasteiger partial charge on any atom is 0.226 e. The molecule has 0 amide bonds. The second kappa shape index (κ2) is 4.23. The predicted molar refractivity (Wildman–Crippen MR) is 57.0 cm³/mol. The first kappa shape index (κ1) is 9.86. The zero-order valence-corrected chi connectivity index (χ0v) is 8.60. The van der Waals surface area contributed by atoms with Crippen molar-refractivity contribution in [2.45, 2.75) is 19.9 Å². The van der Waals surface area contributed by atoms with Crippen molar-refractivity contribution in [3.8, 4) is 11.4 Å². The maximum atomic E-state index is 5.51. The fourth-order valence-electron chi connectivity index (χ4n) is 1.31. The van der Waals surface area contributed by atoms with Gasteiger partial charge in [0.1, 0.15) is 0 Å². The summed E-state index contributed by atoms with van der Waals surface area (Å²) in [5, 5.41) is 3.90. The molecule has 0 radical (unpaired) electrons. The Morgan fingerprint density at radius 1 is 1.27 bits per heavy atom. The van der Waals surface area contributed by atoms with Crippen molar-refractivity contribution in [2.75, 3.05) is 0 Å². The summed E-state index contributed by atoms with van der Waals surface area (Å²) in [5.41, 5.74) is 7.56. The highest BCUT2D eigenvalue weighted by molar-refractivity contribution is 5.54. The largest absolute Gasteiger partial charge is 0.339 e. The van der Waals surface area contributed by atoms with Crippen LogP contribution in [0.25, 0.3) is 11.4 Å². The Labute approximate surface area is 88.1 Å². The van der Waals surface area contributed by atoms with Crippen molar-refractivity contribution in [2.24, 2.45) is 5.73 Å². The highest BCUT2D eigenvalue weighted by atomic mass is 16.5. The Morgan fingerprint density at radius 2 is 2.00 bits per heavy atom. The van der Waals surface area contributed by atoms with E-state index in [0.29, 0.717) is 18.3 Å². The molecule has 78 valence electrons. The van der Waals surface area contributed by atoms with Crippen LogP contribution in [0, 0.1) is 0 Å². The molecule has 4 heteroatoms. The van der Waals surface area contributed by atoms with Crippen LogP contribution in [-0.4, -0.2) is 10.1 Å². The van der Waals surface area contributed by atoms with Crippen LogP contribution in [0.4, 0.5) is 0 Å². The molecule has 0 spiro atoms. The van der Waals surface area contributed by atoms with Crippen LogP contribution in [0.15, 0.2) is 28.8 Å². The summed E-state index contributed by atoms with van der Waals surface area (Å²) >= 11 is 0. The highest BCUT2D eigenvalue weighted by Crippen LogP contribution is 2.16. The van der Waals surface area contributed by atoms with E-state index in [4.69, 9.17) is 10.3 Å². The topological polar surface area (TPSA) is 64.9 Å². The van der Waals surface area contributed by atoms with Gasteiger partial charge in [-0.15, -0.1) is 0 Å². The molecular formula is C11H13N3O. The maximum absolute atomic E-state index is 5.51. The lowest BCUT2D eigenvalue weighted by Gasteiger charge is -1.97. The van der Waals surface area contributed by atoms with Gasteiger partial charge in [-0.25, -0.2) is 0 Å². The van der Waals surface area contributed by atoms with Gasteiger partial charge in [-0.3, -0.25) is 0 Å². The third-order valence-electron chi connectivity index (χ3n) is 2.22. The van der Waals surface area contributed by atoms with Gasteiger partial charge in [-0.1, -0.05) is 36.3 Å². The molecule has 0 fully saturated rings. The molecule has 2 aromatic rings. The third-order valence-corrected chi connectivity index (χ3v) is 2.22. The lowest BCUT2D eigenvalue weighted by Crippen LogP contribution is -1.95. The number of hydrogen-bond donors (Lipinski definition) is 1. The first-order valence-corrected chi connectivity index (χ1v) is 4.95. The SMILES string of the molecule is CCc1nc(-c2ccc(CN)cc2)no1. The van der Waals surface area contributed by atoms with Gasteiger partial charge in [0.25, 0.3) is 0 Å². The lowest BCUT2D eigenvalue weighted by molar-refractivity contribution is 0.383. The van der Waals surface area contributed by atoms with Crippen molar-refractivity contribution in [1.82, 2.24) is 10.1 Å². The molecule has 0 atom stereocenters. The first-order valence-electron chi connectivity index (χ1n) is 4.95. The molecule has 2 N–H and O–H groups in total. The molecule has 0 saturated carbocycles. The normalized spacial score (nSPS) is 10.5. The molecule has 0 saturated heterocycles. The van der Waals surface area contributed by atoms with Crippen LogP contribution in [0.1, 0.15) is 18.4 Å². The molecule has 1 heterocycles. The van der Waals surface area contributed by atoms with Crippen LogP contribution < -0.4 is 5.73 Å². The van der Waals surface area contributed by atoms with Gasteiger partial charge in [-0.2, -0.15) is 4.98 Å². The summed E-state index contributed by atoms with van der Waals surface area (Å²) in [4.78, 5) is 4.25. The molecule has 1 aromatic carbocycles. The number of aryl methyl sites for hydroxylation is 1. The molecule has 4 nitrogen and oxygen atoms in total. The molecule has 15 heavy (non-hydrogen) atoms. The highest BCUT2D eigenvalue weighted by Gasteiger charge is 2.06. The van der Waals surface area contributed by atoms with Crippen LogP contribution in [0.5, 0.6) is 0 Å². The van der Waals surface area contributed by atoms with Crippen LogP contribution in [-0.2, 0) is 13.0 Å². The summed E-state index contributed by atoms with van der Waals surface area (Å²) in [5.74, 6) is 1.29. The van der Waals surface area contributed by atoms with E-state index in [2.05, 4.69) is 10.1 Å². The standard InChI is InChI=1S/C11H13N3O/c1-2-10-13-11(14-15-10)9-5-3-8(7-12)4-6-9/h3-6H,2,7,12H2,1H3. The van der Waals surface area contributed by atoms with Crippen molar-refractivity contribution < 1.29 is 4.52 Å². The van der Waals surface area contributed by atoms with E-state index in [9.17, 15) is 0 Å². The second-order valence-corrected chi connectivity index (χ2v) is 3.27. The summed E-state index contributed by atoms with van der Waals surface area (Å²) < 4.78 is 5.04. The zero-order valence-electron chi connectivity index (χ0n) is 8.60. The fraction of sp³-hybridized carbons (Fsp3) is 0.273. The number of aromatic nitrogens is 2. The van der Waals surface area contributed by atoms with Crippen LogP contribution in [0.3, 0.4) is 0 Å². The third kappa shape index (κ3) is 2.05. The smallest absolute Gasteiger partial charge is 0.226 e. The van der Waals surface area contributed by atoms with Gasteiger partial charge in [-0.05, 0) is 5.56 Å². The predicted octanol–water partition coefficient (Wildman–Crippen LogP) is 1.76. The minimum absolute atomic E-state index is 0.548.